The molecule has 0 aliphatic rings. The number of hydrogen-bond acceptors (Lipinski definition) is 7. The molecular formula is C77H121NO6. The van der Waals surface area contributed by atoms with Gasteiger partial charge in [0.05, 0.1) is 24.4 Å². The fraction of sp³-hybridized carbons (Fsp3) is 0.584. The zero-order valence-corrected chi connectivity index (χ0v) is 54.4. The van der Waals surface area contributed by atoms with Crippen LogP contribution in [0.1, 0.15) is 270 Å². The minimum Gasteiger partial charge on any atom is -0.494 e. The van der Waals surface area contributed by atoms with E-state index < -0.39 is 11.2 Å². The summed E-state index contributed by atoms with van der Waals surface area (Å²) in [6.07, 6.45) is 26.0. The largest absolute Gasteiger partial charge is 0.494 e. The highest BCUT2D eigenvalue weighted by molar-refractivity contribution is 5.98. The van der Waals surface area contributed by atoms with Crippen molar-refractivity contribution < 1.29 is 29.3 Å². The van der Waals surface area contributed by atoms with Crippen molar-refractivity contribution in [1.29, 1.82) is 0 Å². The lowest BCUT2D eigenvalue weighted by Crippen LogP contribution is -2.28. The number of unbranched alkanes of at least 4 members (excludes halogenated alkanes) is 2. The van der Waals surface area contributed by atoms with Gasteiger partial charge in [-0.15, -0.1) is 0 Å². The Balaban J connectivity index is 0.000000558. The zero-order valence-electron chi connectivity index (χ0n) is 54.4. The van der Waals surface area contributed by atoms with Crippen molar-refractivity contribution in [2.75, 3.05) is 19.8 Å². The van der Waals surface area contributed by atoms with Gasteiger partial charge in [0, 0.05) is 30.6 Å². The van der Waals surface area contributed by atoms with Crippen LogP contribution in [0, 0.1) is 19.8 Å². The summed E-state index contributed by atoms with van der Waals surface area (Å²) in [7, 11) is 0. The molecule has 0 amide bonds. The van der Waals surface area contributed by atoms with Crippen molar-refractivity contribution in [2.45, 2.75) is 268 Å². The molecule has 5 rings (SSSR count). The number of rotatable bonds is 38. The van der Waals surface area contributed by atoms with Gasteiger partial charge < -0.3 is 25.4 Å². The van der Waals surface area contributed by atoms with E-state index in [4.69, 9.17) is 15.2 Å². The van der Waals surface area contributed by atoms with E-state index in [0.29, 0.717) is 37.9 Å². The van der Waals surface area contributed by atoms with Gasteiger partial charge in [0.2, 0.25) is 0 Å². The summed E-state index contributed by atoms with van der Waals surface area (Å²) < 4.78 is 11.3. The Hall–Kier alpha value is -4.92. The van der Waals surface area contributed by atoms with Crippen LogP contribution in [0.2, 0.25) is 0 Å². The van der Waals surface area contributed by atoms with Crippen molar-refractivity contribution >= 4 is 11.6 Å². The number of hydrogen-bond donors (Lipinski definition) is 3. The Bertz CT molecular complexity index is 2360. The van der Waals surface area contributed by atoms with Gasteiger partial charge in [-0.1, -0.05) is 225 Å². The first-order chi connectivity index (χ1) is 40.1. The standard InChI is InChI=1S/C20H24O.C19H32O2.C19H30O.C18H31NO2.CH4/c1-4-5-10-17-11-7-12-18(13-17)20(21)14-19-15(2)8-6-9-16(19)3;1-4-11-19(20,12-5-2)13-10-17-8-7-9-18(15-17)16-21-14-6-3;1-4-7-11-17-12-8-13-18(14-17)19(20)15-16(9-5-2)10-6-3;1-3-10-18(20,11-4-2)12-9-16-7-5-8-17(15-16)21-14-6-13-19;/h6-9,11-13H,4-5,10,14H2,1-3H3;7-9,15,20H,4-6,10-14,16H2,1-3H3;8,12-14,16H,4-7,9-11,15H2,1-3H3;5,7-8,15,20H,3-4,6,9-14,19H2,1-2H3;1H4. The third-order valence-electron chi connectivity index (χ3n) is 15.7. The van der Waals surface area contributed by atoms with Crippen LogP contribution < -0.4 is 10.5 Å². The number of aryl methyl sites for hydroxylation is 6. The van der Waals surface area contributed by atoms with Crippen molar-refractivity contribution in [1.82, 2.24) is 0 Å². The lowest BCUT2D eigenvalue weighted by Gasteiger charge is -2.27. The summed E-state index contributed by atoms with van der Waals surface area (Å²) >= 11 is 0. The fourth-order valence-electron chi connectivity index (χ4n) is 11.1. The first kappa shape index (κ1) is 77.1. The maximum atomic E-state index is 12.5. The van der Waals surface area contributed by atoms with Crippen molar-refractivity contribution in [3.8, 4) is 5.75 Å². The molecular weight excluding hydrogens is 1030 g/mol. The molecule has 0 bridgehead atoms. The lowest BCUT2D eigenvalue weighted by molar-refractivity contribution is 0.0127. The Labute approximate surface area is 514 Å². The first-order valence-corrected chi connectivity index (χ1v) is 32.9. The van der Waals surface area contributed by atoms with Crippen molar-refractivity contribution in [2.24, 2.45) is 11.7 Å². The van der Waals surface area contributed by atoms with Crippen LogP contribution in [0.4, 0.5) is 0 Å². The zero-order chi connectivity index (χ0) is 61.1. The predicted octanol–water partition coefficient (Wildman–Crippen LogP) is 20.1. The molecule has 470 valence electrons. The van der Waals surface area contributed by atoms with E-state index in [1.165, 1.54) is 95.9 Å². The highest BCUT2D eigenvalue weighted by atomic mass is 16.5. The van der Waals surface area contributed by atoms with Crippen LogP contribution >= 0.6 is 0 Å². The topological polar surface area (TPSA) is 119 Å². The molecule has 7 nitrogen and oxygen atoms in total. The lowest BCUT2D eigenvalue weighted by atomic mass is 9.86. The third-order valence-corrected chi connectivity index (χ3v) is 15.7. The molecule has 0 heterocycles. The minimum absolute atomic E-state index is 0. The average molecular weight is 1160 g/mol. The molecule has 4 N–H and O–H groups in total. The van der Waals surface area contributed by atoms with Crippen LogP contribution in [-0.4, -0.2) is 52.7 Å². The summed E-state index contributed by atoms with van der Waals surface area (Å²) in [6.45, 7) is 26.5. The van der Waals surface area contributed by atoms with Crippen LogP contribution in [0.25, 0.3) is 0 Å². The first-order valence-electron chi connectivity index (χ1n) is 32.9. The summed E-state index contributed by atoms with van der Waals surface area (Å²) in [5.74, 6) is 2.01. The normalized spacial score (nSPS) is 11.1. The number of benzene rings is 5. The molecule has 0 saturated heterocycles. The Morgan fingerprint density at radius 2 is 0.917 bits per heavy atom. The van der Waals surface area contributed by atoms with Crippen LogP contribution in [0.5, 0.6) is 5.75 Å². The van der Waals surface area contributed by atoms with Crippen LogP contribution in [-0.2, 0) is 43.4 Å². The molecule has 0 aliphatic carbocycles. The van der Waals surface area contributed by atoms with Gasteiger partial charge in [0.1, 0.15) is 5.75 Å². The third kappa shape index (κ3) is 32.5. The molecule has 0 unspecified atom stereocenters. The molecule has 84 heavy (non-hydrogen) atoms. The molecule has 5 aromatic carbocycles. The molecule has 0 aliphatic heterocycles. The molecule has 0 saturated carbocycles. The molecule has 0 atom stereocenters. The Kier molecular flexibility index (Phi) is 42.5. The van der Waals surface area contributed by atoms with Gasteiger partial charge in [-0.3, -0.25) is 9.59 Å². The monoisotopic (exact) mass is 1160 g/mol. The van der Waals surface area contributed by atoms with E-state index in [1.807, 2.05) is 42.5 Å². The number of aliphatic hydroxyl groups is 2. The number of nitrogens with two attached hydrogens (primary N) is 1. The minimum atomic E-state index is -0.514. The van der Waals surface area contributed by atoms with E-state index in [-0.39, 0.29) is 13.2 Å². The van der Waals surface area contributed by atoms with Crippen LogP contribution in [0.3, 0.4) is 0 Å². The molecule has 0 aromatic heterocycles. The summed E-state index contributed by atoms with van der Waals surface area (Å²) in [6, 6.07) is 39.3. The SMILES string of the molecule is C.CCCC(O)(CCC)CCc1cccc(OCCCN)c1.CCCCc1cccc(C(=O)CC(CCC)CCC)c1.CCCCc1cccc(C(=O)Cc2c(C)cccc2C)c1.CCCOCc1cccc(CCC(O)(CCC)CCC)c1. The summed E-state index contributed by atoms with van der Waals surface area (Å²) in [5, 5.41) is 21.4. The Morgan fingerprint density at radius 3 is 1.38 bits per heavy atom. The molecule has 5 aromatic rings. The van der Waals surface area contributed by atoms with Crippen LogP contribution in [0.15, 0.2) is 115 Å². The second-order valence-electron chi connectivity index (χ2n) is 23.6. The molecule has 0 spiro atoms. The van der Waals surface area contributed by atoms with Gasteiger partial charge >= 0.3 is 0 Å². The fourth-order valence-corrected chi connectivity index (χ4v) is 11.1. The molecule has 0 fully saturated rings. The second-order valence-corrected chi connectivity index (χ2v) is 23.6. The van der Waals surface area contributed by atoms with Gasteiger partial charge in [-0.25, -0.2) is 0 Å². The van der Waals surface area contributed by atoms with E-state index in [2.05, 4.69) is 149 Å². The van der Waals surface area contributed by atoms with Gasteiger partial charge in [-0.05, 0) is 185 Å². The van der Waals surface area contributed by atoms with Gasteiger partial charge in [0.25, 0.3) is 0 Å². The van der Waals surface area contributed by atoms with E-state index in [9.17, 15) is 19.8 Å². The van der Waals surface area contributed by atoms with E-state index in [0.717, 1.165) is 133 Å². The van der Waals surface area contributed by atoms with Crippen molar-refractivity contribution in [3.63, 3.8) is 0 Å². The highest BCUT2D eigenvalue weighted by Crippen LogP contribution is 2.28. The number of ketones is 2. The van der Waals surface area contributed by atoms with E-state index >= 15 is 0 Å². The maximum Gasteiger partial charge on any atom is 0.167 e. The maximum absolute atomic E-state index is 12.5. The number of Topliss-reactive ketones (excluding diaryl/α,β-unsaturated/α-hetero) is 2. The second kappa shape index (κ2) is 46.3. The average Bonchev–Trinajstić information content (AvgIpc) is 3.65. The summed E-state index contributed by atoms with van der Waals surface area (Å²) in [5.41, 5.74) is 16.1. The summed E-state index contributed by atoms with van der Waals surface area (Å²) in [4.78, 5) is 25.0. The predicted molar refractivity (Wildman–Crippen MR) is 361 cm³/mol. The highest BCUT2D eigenvalue weighted by Gasteiger charge is 2.25. The van der Waals surface area contributed by atoms with Crippen molar-refractivity contribution in [3.05, 3.63) is 171 Å². The smallest absolute Gasteiger partial charge is 0.167 e. The molecule has 7 heteroatoms. The number of carbonyl (C=O) groups excluding carboxylic acids is 2. The quantitative estimate of drug-likeness (QED) is 0.0266. The number of carbonyl (C=O) groups is 2. The van der Waals surface area contributed by atoms with Gasteiger partial charge in [-0.2, -0.15) is 0 Å². The number of ether oxygens (including phenoxy) is 2. The van der Waals surface area contributed by atoms with E-state index in [1.54, 1.807) is 0 Å². The molecule has 0 radical (unpaired) electrons. The Morgan fingerprint density at radius 1 is 0.476 bits per heavy atom. The van der Waals surface area contributed by atoms with Gasteiger partial charge in [0.15, 0.2) is 11.6 Å².